The third kappa shape index (κ3) is 5.59. The molecule has 1 N–H and O–H groups in total. The van der Waals surface area contributed by atoms with Gasteiger partial charge in [0.05, 0.1) is 11.5 Å². The summed E-state index contributed by atoms with van der Waals surface area (Å²) in [6.45, 7) is 7.45. The maximum atomic E-state index is 13.4. The van der Waals surface area contributed by atoms with Gasteiger partial charge in [0.1, 0.15) is 10.1 Å². The smallest absolute Gasteiger partial charge is 0.346 e. The molecule has 4 rings (SSSR count). The number of hydrogen-bond acceptors (Lipinski definition) is 5. The number of nitrogens with zero attached hydrogens (tertiary/aromatic N) is 1. The van der Waals surface area contributed by atoms with Gasteiger partial charge in [-0.2, -0.15) is 4.31 Å². The topological polar surface area (TPSA) is 83.9 Å². The molecule has 0 bridgehead atoms. The van der Waals surface area contributed by atoms with Gasteiger partial charge in [0.25, 0.3) is 0 Å². The van der Waals surface area contributed by atoms with Crippen LogP contribution in [0, 0.1) is 23.2 Å². The highest BCUT2D eigenvalue weighted by molar-refractivity contribution is 7.89. The highest BCUT2D eigenvalue weighted by atomic mass is 32.2. The van der Waals surface area contributed by atoms with Gasteiger partial charge in [-0.3, -0.25) is 0 Å². The summed E-state index contributed by atoms with van der Waals surface area (Å²) in [7, 11) is -3.51. The monoisotopic (exact) mass is 505 g/mol. The van der Waals surface area contributed by atoms with Gasteiger partial charge in [-0.25, -0.2) is 13.2 Å². The van der Waals surface area contributed by atoms with E-state index in [1.807, 2.05) is 26.8 Å². The van der Waals surface area contributed by atoms with Gasteiger partial charge in [-0.05, 0) is 64.0 Å². The third-order valence-electron chi connectivity index (χ3n) is 6.93. The van der Waals surface area contributed by atoms with Crippen molar-refractivity contribution in [2.45, 2.75) is 71.0 Å². The molecule has 186 valence electrons. The fourth-order valence-electron chi connectivity index (χ4n) is 5.17. The van der Waals surface area contributed by atoms with E-state index in [0.717, 1.165) is 18.4 Å². The Kier molecular flexibility index (Phi) is 7.58. The van der Waals surface area contributed by atoms with E-state index in [1.54, 1.807) is 4.31 Å². The van der Waals surface area contributed by atoms with Crippen LogP contribution in [0.1, 0.15) is 85.8 Å². The second-order valence-corrected chi connectivity index (χ2v) is 13.9. The first-order valence-corrected chi connectivity index (χ1v) is 14.6. The van der Waals surface area contributed by atoms with Crippen LogP contribution in [0.15, 0.2) is 11.6 Å². The maximum absolute atomic E-state index is 13.4. The van der Waals surface area contributed by atoms with Gasteiger partial charge >= 0.3 is 5.97 Å². The lowest BCUT2D eigenvalue weighted by atomic mass is 9.78. The molecule has 0 radical (unpaired) electrons. The van der Waals surface area contributed by atoms with Gasteiger partial charge in [0, 0.05) is 30.7 Å². The van der Waals surface area contributed by atoms with Crippen molar-refractivity contribution in [3.63, 3.8) is 0 Å². The molecule has 1 aromatic rings. The SMILES string of the molecule is CC(C)(C)C#Cc1cc(C2=C(C3CCCCC3)CCN(S(=O)(=O)C3CCOC3)C2)c(C(=O)O)s1. The van der Waals surface area contributed by atoms with Crippen molar-refractivity contribution in [2.75, 3.05) is 26.3 Å². The normalized spacial score (nSPS) is 23.1. The average Bonchev–Trinajstić information content (AvgIpc) is 3.48. The molecule has 2 fully saturated rings. The zero-order valence-electron chi connectivity index (χ0n) is 20.4. The van der Waals surface area contributed by atoms with Crippen LogP contribution in [0.4, 0.5) is 0 Å². The molecule has 8 heteroatoms. The molecule has 34 heavy (non-hydrogen) atoms. The Bertz CT molecular complexity index is 1120. The van der Waals surface area contributed by atoms with Crippen LogP contribution in [-0.2, 0) is 14.8 Å². The quantitative estimate of drug-likeness (QED) is 0.569. The predicted molar refractivity (Wildman–Crippen MR) is 135 cm³/mol. The number of sulfonamides is 1. The number of hydrogen-bond donors (Lipinski definition) is 1. The third-order valence-corrected chi connectivity index (χ3v) is 10.2. The van der Waals surface area contributed by atoms with Crippen molar-refractivity contribution in [3.8, 4) is 11.8 Å². The first-order valence-electron chi connectivity index (χ1n) is 12.3. The van der Waals surface area contributed by atoms with Gasteiger partial charge in [0.2, 0.25) is 10.0 Å². The molecule has 0 spiro atoms. The Labute approximate surface area is 207 Å². The highest BCUT2D eigenvalue weighted by Gasteiger charge is 2.39. The Morgan fingerprint density at radius 2 is 1.94 bits per heavy atom. The van der Waals surface area contributed by atoms with Gasteiger partial charge in [-0.15, -0.1) is 11.3 Å². The zero-order valence-corrected chi connectivity index (χ0v) is 22.0. The first kappa shape index (κ1) is 25.4. The number of rotatable bonds is 5. The Morgan fingerprint density at radius 3 is 2.56 bits per heavy atom. The van der Waals surface area contributed by atoms with Crippen molar-refractivity contribution in [2.24, 2.45) is 11.3 Å². The maximum Gasteiger partial charge on any atom is 0.346 e. The molecule has 1 aliphatic carbocycles. The molecule has 1 saturated carbocycles. The molecule has 1 atom stereocenters. The molecule has 2 aliphatic heterocycles. The van der Waals surface area contributed by atoms with Crippen LogP contribution in [0.2, 0.25) is 0 Å². The van der Waals surface area contributed by atoms with Crippen LogP contribution in [-0.4, -0.2) is 55.4 Å². The summed E-state index contributed by atoms with van der Waals surface area (Å²) in [5, 5.41) is 9.51. The Balaban J connectivity index is 1.77. The fourth-order valence-corrected chi connectivity index (χ4v) is 7.79. The number of ether oxygens (including phenoxy) is 1. The van der Waals surface area contributed by atoms with Crippen molar-refractivity contribution < 1.29 is 23.1 Å². The van der Waals surface area contributed by atoms with Crippen molar-refractivity contribution in [1.29, 1.82) is 0 Å². The van der Waals surface area contributed by atoms with E-state index in [4.69, 9.17) is 4.74 Å². The van der Waals surface area contributed by atoms with Gasteiger partial charge < -0.3 is 9.84 Å². The lowest BCUT2D eigenvalue weighted by Crippen LogP contribution is -2.43. The highest BCUT2D eigenvalue weighted by Crippen LogP contribution is 2.42. The second kappa shape index (κ2) is 10.1. The molecule has 3 heterocycles. The molecule has 1 aromatic heterocycles. The van der Waals surface area contributed by atoms with E-state index < -0.39 is 21.2 Å². The van der Waals surface area contributed by atoms with E-state index in [-0.39, 0.29) is 23.4 Å². The zero-order chi connectivity index (χ0) is 24.5. The summed E-state index contributed by atoms with van der Waals surface area (Å²) in [4.78, 5) is 13.2. The number of carbonyl (C=O) groups is 1. The molecule has 6 nitrogen and oxygen atoms in total. The first-order chi connectivity index (χ1) is 16.1. The summed E-state index contributed by atoms with van der Waals surface area (Å²) in [6.07, 6.45) is 6.91. The lowest BCUT2D eigenvalue weighted by Gasteiger charge is -2.36. The van der Waals surface area contributed by atoms with Crippen LogP contribution in [0.25, 0.3) is 5.57 Å². The Hall–Kier alpha value is -1.66. The average molecular weight is 506 g/mol. The standard InChI is InChI=1S/C26H35NO5S2/c1-26(2,3)12-9-19-15-22(24(33-19)25(28)29)23-16-27(34(30,31)20-11-14-32-17-20)13-10-21(23)18-7-5-4-6-8-18/h15,18,20H,4-8,10-11,13-14,16-17H2,1-3H3,(H,28,29). The van der Waals surface area contributed by atoms with Crippen molar-refractivity contribution in [3.05, 3.63) is 27.0 Å². The van der Waals surface area contributed by atoms with Crippen LogP contribution >= 0.6 is 11.3 Å². The van der Waals surface area contributed by atoms with Crippen LogP contribution in [0.3, 0.4) is 0 Å². The number of aromatic carboxylic acids is 1. The molecular weight excluding hydrogens is 470 g/mol. The predicted octanol–water partition coefficient (Wildman–Crippen LogP) is 5.00. The van der Waals surface area contributed by atoms with Crippen LogP contribution in [0.5, 0.6) is 0 Å². The van der Waals surface area contributed by atoms with E-state index in [9.17, 15) is 18.3 Å². The summed E-state index contributed by atoms with van der Waals surface area (Å²) < 4.78 is 33.7. The number of carboxylic acids is 1. The second-order valence-electron chi connectivity index (χ2n) is 10.6. The molecule has 1 unspecified atom stereocenters. The Morgan fingerprint density at radius 1 is 1.21 bits per heavy atom. The molecule has 3 aliphatic rings. The van der Waals surface area contributed by atoms with E-state index in [1.165, 1.54) is 36.2 Å². The fraction of sp³-hybridized carbons (Fsp3) is 0.654. The van der Waals surface area contributed by atoms with Crippen molar-refractivity contribution in [1.82, 2.24) is 4.31 Å². The summed E-state index contributed by atoms with van der Waals surface area (Å²) >= 11 is 1.19. The van der Waals surface area contributed by atoms with E-state index in [0.29, 0.717) is 42.4 Å². The van der Waals surface area contributed by atoms with Crippen LogP contribution < -0.4 is 0 Å². The van der Waals surface area contributed by atoms with E-state index in [2.05, 4.69) is 11.8 Å². The lowest BCUT2D eigenvalue weighted by molar-refractivity contribution is 0.0702. The summed E-state index contributed by atoms with van der Waals surface area (Å²) in [5.74, 6) is 5.77. The minimum Gasteiger partial charge on any atom is -0.477 e. The van der Waals surface area contributed by atoms with Gasteiger partial charge in [0.15, 0.2) is 0 Å². The summed E-state index contributed by atoms with van der Waals surface area (Å²) in [6, 6.07) is 1.87. The molecule has 0 aromatic carbocycles. The summed E-state index contributed by atoms with van der Waals surface area (Å²) in [5.41, 5.74) is 2.60. The largest absolute Gasteiger partial charge is 0.477 e. The van der Waals surface area contributed by atoms with E-state index >= 15 is 0 Å². The minimum absolute atomic E-state index is 0.195. The molecule has 0 amide bonds. The molecular formula is C26H35NO5S2. The number of carboxylic acid groups (broad SMARTS) is 1. The number of thiophene rings is 1. The minimum atomic E-state index is -3.51. The van der Waals surface area contributed by atoms with Crippen molar-refractivity contribution >= 4 is 32.9 Å². The van der Waals surface area contributed by atoms with Gasteiger partial charge in [-0.1, -0.05) is 36.7 Å². The molecule has 1 saturated heterocycles.